The van der Waals surface area contributed by atoms with Gasteiger partial charge in [-0.15, -0.1) is 11.3 Å². The first-order valence-corrected chi connectivity index (χ1v) is 21.9. The molecule has 1 aliphatic heterocycles. The lowest BCUT2D eigenvalue weighted by atomic mass is 9.85. The van der Waals surface area contributed by atoms with E-state index in [0.29, 0.717) is 0 Å². The third kappa shape index (κ3) is 6.05. The number of aliphatic imine (C=N–C) groups is 2. The van der Waals surface area contributed by atoms with Gasteiger partial charge in [0, 0.05) is 37.9 Å². The molecule has 0 amide bonds. The van der Waals surface area contributed by atoms with E-state index < -0.39 is 0 Å². The van der Waals surface area contributed by atoms with Crippen LogP contribution < -0.4 is 0 Å². The van der Waals surface area contributed by atoms with E-state index in [4.69, 9.17) is 15.0 Å². The second kappa shape index (κ2) is 14.5. The predicted molar refractivity (Wildman–Crippen MR) is 257 cm³/mol. The first-order valence-electron chi connectivity index (χ1n) is 21.1. The Labute approximate surface area is 359 Å². The van der Waals surface area contributed by atoms with Gasteiger partial charge in [0.2, 0.25) is 0 Å². The number of amidine groups is 1. The highest BCUT2D eigenvalue weighted by atomic mass is 32.1. The van der Waals surface area contributed by atoms with Crippen LogP contribution in [0, 0.1) is 5.92 Å². The van der Waals surface area contributed by atoms with Crippen molar-refractivity contribution in [2.75, 3.05) is 0 Å². The van der Waals surface area contributed by atoms with Gasteiger partial charge in [0.15, 0.2) is 5.84 Å². The van der Waals surface area contributed by atoms with Crippen LogP contribution in [0.4, 0.5) is 0 Å². The first-order chi connectivity index (χ1) is 30.1. The highest BCUT2D eigenvalue weighted by Crippen LogP contribution is 2.46. The number of rotatable bonds is 5. The minimum atomic E-state index is -0.0687. The SMILES string of the molecule is CC1C(c2ccccc2)=NC(c2ccccc2)=NC1c1ccc(-c2ccc3c(c2)nc(-c2ccc4c(c2)Cc2ccccc2-c2ccccc2-4)c2sc4ccccc4c23)cc1. The van der Waals surface area contributed by atoms with Crippen LogP contribution >= 0.6 is 11.3 Å². The van der Waals surface area contributed by atoms with Crippen LogP contribution in [0.2, 0.25) is 0 Å². The summed E-state index contributed by atoms with van der Waals surface area (Å²) in [5.74, 6) is 0.878. The van der Waals surface area contributed by atoms with Crippen molar-refractivity contribution >= 4 is 54.0 Å². The molecule has 3 heterocycles. The summed E-state index contributed by atoms with van der Waals surface area (Å²) in [6.45, 7) is 2.25. The van der Waals surface area contributed by atoms with Crippen molar-refractivity contribution in [1.82, 2.24) is 4.98 Å². The molecule has 0 bridgehead atoms. The van der Waals surface area contributed by atoms with Gasteiger partial charge in [-0.3, -0.25) is 4.99 Å². The zero-order valence-electron chi connectivity index (χ0n) is 33.6. The predicted octanol–water partition coefficient (Wildman–Crippen LogP) is 14.8. The summed E-state index contributed by atoms with van der Waals surface area (Å²) in [7, 11) is 0. The fourth-order valence-electron chi connectivity index (χ4n) is 9.64. The van der Waals surface area contributed by atoms with E-state index >= 15 is 0 Å². The molecule has 0 spiro atoms. The molecule has 0 saturated carbocycles. The van der Waals surface area contributed by atoms with Crippen molar-refractivity contribution in [3.05, 3.63) is 222 Å². The van der Waals surface area contributed by atoms with E-state index in [-0.39, 0.29) is 12.0 Å². The number of pyridine rings is 1. The molecule has 0 fully saturated rings. The van der Waals surface area contributed by atoms with Crippen molar-refractivity contribution in [3.63, 3.8) is 0 Å². The maximum atomic E-state index is 5.57. The number of nitrogens with zero attached hydrogens (tertiary/aromatic N) is 3. The molecule has 4 heteroatoms. The molecule has 3 nitrogen and oxygen atoms in total. The molecule has 61 heavy (non-hydrogen) atoms. The first kappa shape index (κ1) is 35.7. The van der Waals surface area contributed by atoms with Crippen molar-refractivity contribution in [3.8, 4) is 44.6 Å². The van der Waals surface area contributed by atoms with Crippen LogP contribution in [0.25, 0.3) is 75.7 Å². The molecule has 10 aromatic rings. The van der Waals surface area contributed by atoms with Crippen LogP contribution in [0.1, 0.15) is 40.8 Å². The Hall–Kier alpha value is -7.27. The van der Waals surface area contributed by atoms with Gasteiger partial charge < -0.3 is 0 Å². The van der Waals surface area contributed by atoms with E-state index in [1.807, 2.05) is 17.4 Å². The second-order valence-electron chi connectivity index (χ2n) is 16.3. The molecule has 0 saturated heterocycles. The molecule has 1 aliphatic carbocycles. The van der Waals surface area contributed by atoms with E-state index in [0.717, 1.165) is 57.0 Å². The summed E-state index contributed by atoms with van der Waals surface area (Å²) in [5, 5.41) is 3.74. The van der Waals surface area contributed by atoms with Gasteiger partial charge in [-0.1, -0.05) is 183 Å². The number of thiophene rings is 1. The average molecular weight is 798 g/mol. The molecular weight excluding hydrogens is 759 g/mol. The van der Waals surface area contributed by atoms with Crippen LogP contribution in [0.5, 0.6) is 0 Å². The Balaban J connectivity index is 0.960. The van der Waals surface area contributed by atoms with Gasteiger partial charge in [-0.05, 0) is 80.3 Å². The number of fused-ring (bicyclic) bond motifs is 10. The molecule has 0 N–H and O–H groups in total. The lowest BCUT2D eigenvalue weighted by Crippen LogP contribution is -2.26. The Bertz CT molecular complexity index is 3400. The topological polar surface area (TPSA) is 37.6 Å². The van der Waals surface area contributed by atoms with Crippen LogP contribution in [0.3, 0.4) is 0 Å². The van der Waals surface area contributed by atoms with Gasteiger partial charge in [0.05, 0.1) is 27.7 Å². The summed E-state index contributed by atoms with van der Waals surface area (Å²) < 4.78 is 2.51. The molecular formula is C57H39N3S. The summed E-state index contributed by atoms with van der Waals surface area (Å²) >= 11 is 1.85. The fourth-order valence-corrected chi connectivity index (χ4v) is 10.9. The van der Waals surface area contributed by atoms with E-state index in [2.05, 4.69) is 195 Å². The third-order valence-electron chi connectivity index (χ3n) is 12.7. The van der Waals surface area contributed by atoms with E-state index in [1.165, 1.54) is 64.5 Å². The Morgan fingerprint density at radius 1 is 0.492 bits per heavy atom. The Kier molecular flexibility index (Phi) is 8.46. The quantitative estimate of drug-likeness (QED) is 0.171. The maximum Gasteiger partial charge on any atom is 0.155 e. The van der Waals surface area contributed by atoms with E-state index in [1.54, 1.807) is 0 Å². The van der Waals surface area contributed by atoms with Crippen LogP contribution in [-0.4, -0.2) is 16.5 Å². The summed E-state index contributed by atoms with van der Waals surface area (Å²) in [4.78, 5) is 16.0. The molecule has 2 aromatic heterocycles. The number of hydrogen-bond donors (Lipinski definition) is 0. The molecule has 0 radical (unpaired) electrons. The van der Waals surface area contributed by atoms with Crippen molar-refractivity contribution < 1.29 is 0 Å². The molecule has 12 rings (SSSR count). The van der Waals surface area contributed by atoms with Gasteiger partial charge in [0.1, 0.15) is 0 Å². The highest BCUT2D eigenvalue weighted by molar-refractivity contribution is 7.26. The van der Waals surface area contributed by atoms with Gasteiger partial charge in [-0.2, -0.15) is 0 Å². The summed E-state index contributed by atoms with van der Waals surface area (Å²) in [6, 6.07) is 70.1. The summed E-state index contributed by atoms with van der Waals surface area (Å²) in [5.41, 5.74) is 17.8. The number of hydrogen-bond acceptors (Lipinski definition) is 4. The van der Waals surface area contributed by atoms with Gasteiger partial charge in [-0.25, -0.2) is 9.98 Å². The summed E-state index contributed by atoms with van der Waals surface area (Å²) in [6.07, 6.45) is 0.871. The van der Waals surface area contributed by atoms with Crippen LogP contribution in [-0.2, 0) is 6.42 Å². The molecule has 2 unspecified atom stereocenters. The normalized spacial score (nSPS) is 15.8. The van der Waals surface area contributed by atoms with Gasteiger partial charge in [0.25, 0.3) is 0 Å². The highest BCUT2D eigenvalue weighted by Gasteiger charge is 2.30. The minimum Gasteiger partial charge on any atom is -0.257 e. The van der Waals surface area contributed by atoms with Crippen molar-refractivity contribution in [2.45, 2.75) is 19.4 Å². The monoisotopic (exact) mass is 797 g/mol. The lowest BCUT2D eigenvalue weighted by molar-refractivity contribution is 0.592. The van der Waals surface area contributed by atoms with Crippen molar-refractivity contribution in [2.24, 2.45) is 15.9 Å². The third-order valence-corrected chi connectivity index (χ3v) is 13.9. The van der Waals surface area contributed by atoms with Crippen LogP contribution in [0.15, 0.2) is 204 Å². The average Bonchev–Trinajstić information content (AvgIpc) is 3.65. The molecule has 8 aromatic carbocycles. The fraction of sp³-hybridized carbons (Fsp3) is 0.0702. The number of aromatic nitrogens is 1. The van der Waals surface area contributed by atoms with Gasteiger partial charge >= 0.3 is 0 Å². The molecule has 288 valence electrons. The van der Waals surface area contributed by atoms with E-state index in [9.17, 15) is 0 Å². The zero-order valence-corrected chi connectivity index (χ0v) is 34.4. The lowest BCUT2D eigenvalue weighted by Gasteiger charge is -2.28. The molecule has 2 atom stereocenters. The smallest absolute Gasteiger partial charge is 0.155 e. The standard InChI is InChI=1S/C57H39N3S/c1-35-53(37-14-4-2-5-15-37)59-57(39-16-6-3-7-17-39)60-54(35)38-26-24-36(25-27-38)40-28-31-48-50(34-40)58-55(56-52(48)49-22-12-13-23-51(49)61-56)42-29-30-45-43(33-42)32-41-18-8-9-19-44(41)46-20-10-11-21-47(45)46/h2-31,33-35,54H,32H2,1H3. The maximum absolute atomic E-state index is 5.57. The second-order valence-corrected chi connectivity index (χ2v) is 17.3. The number of benzene rings is 8. The minimum absolute atomic E-state index is 0.0687. The molecule has 2 aliphatic rings. The Morgan fingerprint density at radius 3 is 1.92 bits per heavy atom. The Morgan fingerprint density at radius 2 is 1.13 bits per heavy atom. The zero-order chi connectivity index (χ0) is 40.4. The van der Waals surface area contributed by atoms with Crippen molar-refractivity contribution in [1.29, 1.82) is 0 Å². The largest absolute Gasteiger partial charge is 0.257 e.